The van der Waals surface area contributed by atoms with Gasteiger partial charge in [0, 0.05) is 24.5 Å². The fourth-order valence-electron chi connectivity index (χ4n) is 2.26. The van der Waals surface area contributed by atoms with Gasteiger partial charge in [0.05, 0.1) is 5.69 Å². The molecule has 1 aromatic rings. The fourth-order valence-corrected chi connectivity index (χ4v) is 3.19. The highest BCUT2D eigenvalue weighted by Gasteiger charge is 2.27. The van der Waals surface area contributed by atoms with Crippen LogP contribution in [0.15, 0.2) is 5.38 Å². The molecular weight excluding hydrogens is 206 g/mol. The normalized spacial score (nSPS) is 26.2. The van der Waals surface area contributed by atoms with Crippen molar-refractivity contribution in [1.29, 1.82) is 0 Å². The molecule has 0 spiro atoms. The molecule has 2 unspecified atom stereocenters. The zero-order valence-electron chi connectivity index (χ0n) is 9.66. The maximum atomic E-state index is 4.65. The summed E-state index contributed by atoms with van der Waals surface area (Å²) in [5.74, 6) is 0.802. The van der Waals surface area contributed by atoms with E-state index in [1.807, 2.05) is 7.05 Å². The molecule has 1 saturated heterocycles. The summed E-state index contributed by atoms with van der Waals surface area (Å²) in [5.41, 5.74) is 1.16. The Hall–Kier alpha value is -0.610. The minimum absolute atomic E-state index is 0.647. The van der Waals surface area contributed by atoms with Crippen molar-refractivity contribution in [3.63, 3.8) is 0 Å². The van der Waals surface area contributed by atoms with Crippen molar-refractivity contribution in [2.75, 3.05) is 18.5 Å². The summed E-state index contributed by atoms with van der Waals surface area (Å²) in [6, 6.07) is 0.647. The summed E-state index contributed by atoms with van der Waals surface area (Å²) in [5, 5.41) is 6.48. The Kier molecular flexibility index (Phi) is 3.26. The van der Waals surface area contributed by atoms with Gasteiger partial charge in [0.2, 0.25) is 0 Å². The number of rotatable bonds is 3. The largest absolute Gasteiger partial charge is 0.345 e. The van der Waals surface area contributed by atoms with Gasteiger partial charge in [-0.3, -0.25) is 0 Å². The zero-order chi connectivity index (χ0) is 10.8. The number of hydrogen-bond acceptors (Lipinski definition) is 4. The minimum Gasteiger partial charge on any atom is -0.345 e. The van der Waals surface area contributed by atoms with E-state index in [0.29, 0.717) is 6.04 Å². The first-order valence-electron chi connectivity index (χ1n) is 5.56. The Bertz CT molecular complexity index is 323. The monoisotopic (exact) mass is 225 g/mol. The van der Waals surface area contributed by atoms with Gasteiger partial charge in [-0.05, 0) is 26.3 Å². The van der Waals surface area contributed by atoms with Crippen molar-refractivity contribution >= 4 is 16.5 Å². The van der Waals surface area contributed by atoms with Crippen LogP contribution in [0.25, 0.3) is 0 Å². The van der Waals surface area contributed by atoms with Crippen LogP contribution in [0.3, 0.4) is 0 Å². The van der Waals surface area contributed by atoms with Crippen LogP contribution in [0.1, 0.15) is 26.0 Å². The molecule has 0 bridgehead atoms. The summed E-state index contributed by atoms with van der Waals surface area (Å²) >= 11 is 1.77. The Labute approximate surface area is 95.5 Å². The van der Waals surface area contributed by atoms with Gasteiger partial charge in [-0.15, -0.1) is 11.3 Å². The van der Waals surface area contributed by atoms with Crippen LogP contribution in [0.2, 0.25) is 0 Å². The predicted octanol–water partition coefficient (Wildman–Crippen LogP) is 2.10. The number of anilines is 1. The van der Waals surface area contributed by atoms with E-state index in [1.165, 1.54) is 11.6 Å². The van der Waals surface area contributed by atoms with Crippen molar-refractivity contribution in [2.24, 2.45) is 5.92 Å². The molecule has 0 amide bonds. The van der Waals surface area contributed by atoms with E-state index in [0.717, 1.165) is 24.7 Å². The second-order valence-electron chi connectivity index (χ2n) is 4.49. The highest BCUT2D eigenvalue weighted by Crippen LogP contribution is 2.30. The van der Waals surface area contributed by atoms with E-state index in [1.54, 1.807) is 11.3 Å². The molecular formula is C11H19N3S. The van der Waals surface area contributed by atoms with Crippen molar-refractivity contribution in [3.8, 4) is 0 Å². The van der Waals surface area contributed by atoms with Crippen LogP contribution in [-0.4, -0.2) is 24.6 Å². The summed E-state index contributed by atoms with van der Waals surface area (Å²) in [7, 11) is 1.96. The SMILES string of the molecule is CNCc1csc(N2CC(C)CC2C)n1. The van der Waals surface area contributed by atoms with Crippen LogP contribution in [-0.2, 0) is 6.54 Å². The lowest BCUT2D eigenvalue weighted by Crippen LogP contribution is -2.26. The van der Waals surface area contributed by atoms with Crippen LogP contribution in [0, 0.1) is 5.92 Å². The van der Waals surface area contributed by atoms with Gasteiger partial charge >= 0.3 is 0 Å². The molecule has 1 aliphatic heterocycles. The third-order valence-corrected chi connectivity index (χ3v) is 3.85. The van der Waals surface area contributed by atoms with Crippen LogP contribution in [0.4, 0.5) is 5.13 Å². The summed E-state index contributed by atoms with van der Waals surface area (Å²) in [4.78, 5) is 7.09. The Morgan fingerprint density at radius 3 is 3.00 bits per heavy atom. The fraction of sp³-hybridized carbons (Fsp3) is 0.727. The molecule has 0 saturated carbocycles. The molecule has 0 radical (unpaired) electrons. The maximum Gasteiger partial charge on any atom is 0.185 e. The lowest BCUT2D eigenvalue weighted by Gasteiger charge is -2.19. The van der Waals surface area contributed by atoms with Gasteiger partial charge in [0.25, 0.3) is 0 Å². The van der Waals surface area contributed by atoms with Crippen molar-refractivity contribution in [1.82, 2.24) is 10.3 Å². The van der Waals surface area contributed by atoms with Crippen molar-refractivity contribution < 1.29 is 0 Å². The molecule has 2 atom stereocenters. The molecule has 0 aromatic carbocycles. The molecule has 1 aromatic heterocycles. The van der Waals surface area contributed by atoms with Gasteiger partial charge in [0.15, 0.2) is 5.13 Å². The summed E-state index contributed by atoms with van der Waals surface area (Å²) in [6.07, 6.45) is 1.29. The molecule has 1 N–H and O–H groups in total. The molecule has 1 aliphatic rings. The maximum absolute atomic E-state index is 4.65. The van der Waals surface area contributed by atoms with Crippen LogP contribution >= 0.6 is 11.3 Å². The third kappa shape index (κ3) is 2.32. The van der Waals surface area contributed by atoms with E-state index in [-0.39, 0.29) is 0 Å². The Balaban J connectivity index is 2.08. The predicted molar refractivity (Wildman–Crippen MR) is 65.5 cm³/mol. The first kappa shape index (κ1) is 10.9. The van der Waals surface area contributed by atoms with E-state index in [2.05, 4.69) is 34.4 Å². The molecule has 3 nitrogen and oxygen atoms in total. The molecule has 84 valence electrons. The average Bonchev–Trinajstić information content (AvgIpc) is 2.73. The zero-order valence-corrected chi connectivity index (χ0v) is 10.5. The van der Waals surface area contributed by atoms with Gasteiger partial charge in [0.1, 0.15) is 0 Å². The van der Waals surface area contributed by atoms with Crippen LogP contribution < -0.4 is 10.2 Å². The molecule has 2 heterocycles. The van der Waals surface area contributed by atoms with E-state index in [4.69, 9.17) is 0 Å². The summed E-state index contributed by atoms with van der Waals surface area (Å²) in [6.45, 7) is 6.64. The quantitative estimate of drug-likeness (QED) is 0.854. The highest BCUT2D eigenvalue weighted by molar-refractivity contribution is 7.13. The smallest absolute Gasteiger partial charge is 0.185 e. The van der Waals surface area contributed by atoms with Gasteiger partial charge in [-0.1, -0.05) is 6.92 Å². The van der Waals surface area contributed by atoms with Gasteiger partial charge in [-0.25, -0.2) is 4.98 Å². The summed E-state index contributed by atoms with van der Waals surface area (Å²) < 4.78 is 0. The minimum atomic E-state index is 0.647. The molecule has 1 fully saturated rings. The van der Waals surface area contributed by atoms with Gasteiger partial charge in [-0.2, -0.15) is 0 Å². The number of nitrogens with zero attached hydrogens (tertiary/aromatic N) is 2. The Morgan fingerprint density at radius 2 is 2.40 bits per heavy atom. The highest BCUT2D eigenvalue weighted by atomic mass is 32.1. The number of nitrogens with one attached hydrogen (secondary N) is 1. The van der Waals surface area contributed by atoms with Gasteiger partial charge < -0.3 is 10.2 Å². The first-order valence-corrected chi connectivity index (χ1v) is 6.44. The lowest BCUT2D eigenvalue weighted by molar-refractivity contribution is 0.625. The lowest BCUT2D eigenvalue weighted by atomic mass is 10.1. The number of hydrogen-bond donors (Lipinski definition) is 1. The second-order valence-corrected chi connectivity index (χ2v) is 5.33. The van der Waals surface area contributed by atoms with Crippen LogP contribution in [0.5, 0.6) is 0 Å². The molecule has 0 aliphatic carbocycles. The Morgan fingerprint density at radius 1 is 1.60 bits per heavy atom. The van der Waals surface area contributed by atoms with Crippen molar-refractivity contribution in [3.05, 3.63) is 11.1 Å². The van der Waals surface area contributed by atoms with E-state index in [9.17, 15) is 0 Å². The van der Waals surface area contributed by atoms with E-state index < -0.39 is 0 Å². The number of thiazole rings is 1. The average molecular weight is 225 g/mol. The standard InChI is InChI=1S/C11H19N3S/c1-8-4-9(2)14(6-8)11-13-10(5-12-3)7-15-11/h7-9,12H,4-6H2,1-3H3. The first-order chi connectivity index (χ1) is 7.20. The number of aromatic nitrogens is 1. The second kappa shape index (κ2) is 4.49. The van der Waals surface area contributed by atoms with Crippen molar-refractivity contribution in [2.45, 2.75) is 32.9 Å². The molecule has 15 heavy (non-hydrogen) atoms. The third-order valence-electron chi connectivity index (χ3n) is 2.93. The van der Waals surface area contributed by atoms with E-state index >= 15 is 0 Å². The molecule has 2 rings (SSSR count). The topological polar surface area (TPSA) is 28.2 Å². The molecule has 4 heteroatoms.